The van der Waals surface area contributed by atoms with Crippen LogP contribution in [0.2, 0.25) is 0 Å². The molecule has 1 heterocycles. The highest BCUT2D eigenvalue weighted by Crippen LogP contribution is 2.51. The summed E-state index contributed by atoms with van der Waals surface area (Å²) in [6.45, 7) is 1.11. The molecule has 2 aromatic rings. The van der Waals surface area contributed by atoms with Gasteiger partial charge in [0.2, 0.25) is 0 Å². The van der Waals surface area contributed by atoms with Crippen molar-refractivity contribution in [3.63, 3.8) is 0 Å². The van der Waals surface area contributed by atoms with Crippen LogP contribution in [0.3, 0.4) is 0 Å². The first-order valence-electron chi connectivity index (χ1n) is 6.99. The molecule has 1 aliphatic carbocycles. The van der Waals surface area contributed by atoms with Gasteiger partial charge in [0.1, 0.15) is 0 Å². The van der Waals surface area contributed by atoms with Crippen LogP contribution in [0.4, 0.5) is 0 Å². The van der Waals surface area contributed by atoms with Crippen molar-refractivity contribution in [2.45, 2.75) is 25.2 Å². The van der Waals surface area contributed by atoms with Gasteiger partial charge < -0.3 is 10.3 Å². The average Bonchev–Trinajstić information content (AvgIpc) is 3.08. The molecule has 3 heteroatoms. The summed E-state index contributed by atoms with van der Waals surface area (Å²) in [5.74, 6) is 1.53. The zero-order valence-electron chi connectivity index (χ0n) is 11.2. The number of nitrogens with one attached hydrogen (secondary N) is 2. The summed E-state index contributed by atoms with van der Waals surface area (Å²) in [7, 11) is 2.01. The minimum atomic E-state index is 0.694. The van der Waals surface area contributed by atoms with Crippen molar-refractivity contribution in [1.82, 2.24) is 10.3 Å². The van der Waals surface area contributed by atoms with E-state index in [1.54, 1.807) is 0 Å². The third-order valence-electron chi connectivity index (χ3n) is 4.17. The van der Waals surface area contributed by atoms with E-state index in [2.05, 4.69) is 22.6 Å². The van der Waals surface area contributed by atoms with E-state index in [0.717, 1.165) is 23.5 Å². The summed E-state index contributed by atoms with van der Waals surface area (Å²) < 4.78 is 0. The molecule has 1 saturated carbocycles. The van der Waals surface area contributed by atoms with Gasteiger partial charge in [-0.15, -0.1) is 0 Å². The second kappa shape index (κ2) is 5.07. The van der Waals surface area contributed by atoms with Gasteiger partial charge in [-0.3, -0.25) is 0 Å². The van der Waals surface area contributed by atoms with Crippen molar-refractivity contribution in [3.05, 3.63) is 35.5 Å². The molecule has 0 bridgehead atoms. The lowest BCUT2D eigenvalue weighted by Gasteiger charge is -2.00. The number of aromatic amines is 1. The molecule has 1 aliphatic rings. The van der Waals surface area contributed by atoms with E-state index in [1.807, 2.05) is 25.2 Å². The molecular weight excluding hydrogens is 234 g/mol. The van der Waals surface area contributed by atoms with Crippen molar-refractivity contribution in [2.24, 2.45) is 5.92 Å². The van der Waals surface area contributed by atoms with E-state index < -0.39 is 0 Å². The molecule has 2 N–H and O–H groups in total. The fraction of sp³-hybridized carbons (Fsp3) is 0.438. The number of rotatable bonds is 5. The predicted octanol–water partition coefficient (Wildman–Crippen LogP) is 3.14. The number of H-pyrrole nitrogens is 1. The first-order chi connectivity index (χ1) is 9.33. The minimum Gasteiger partial charge on any atom is -0.361 e. The minimum absolute atomic E-state index is 0.694. The standard InChI is InChI=1S/C16H19N3/c1-18-6-2-3-12-8-13(12)15-10-19-16-5-4-11(9-17)7-14(15)16/h4-5,7,10,12-13,18-19H,2-3,6,8H2,1H3. The lowest BCUT2D eigenvalue weighted by molar-refractivity contribution is 0.620. The van der Waals surface area contributed by atoms with Gasteiger partial charge in [0.05, 0.1) is 11.6 Å². The lowest BCUT2D eigenvalue weighted by Crippen LogP contribution is -2.07. The maximum atomic E-state index is 9.01. The molecular formula is C16H19N3. The average molecular weight is 253 g/mol. The number of hydrogen-bond donors (Lipinski definition) is 2. The Kier molecular flexibility index (Phi) is 3.27. The van der Waals surface area contributed by atoms with E-state index in [9.17, 15) is 0 Å². The fourth-order valence-corrected chi connectivity index (χ4v) is 3.01. The molecule has 2 atom stereocenters. The van der Waals surface area contributed by atoms with Crippen LogP contribution in [0.15, 0.2) is 24.4 Å². The molecule has 1 aromatic heterocycles. The topological polar surface area (TPSA) is 51.6 Å². The molecule has 3 nitrogen and oxygen atoms in total. The Morgan fingerprint density at radius 2 is 2.37 bits per heavy atom. The van der Waals surface area contributed by atoms with E-state index >= 15 is 0 Å². The number of nitrogens with zero attached hydrogens (tertiary/aromatic N) is 1. The smallest absolute Gasteiger partial charge is 0.0991 e. The molecule has 0 amide bonds. The summed E-state index contributed by atoms with van der Waals surface area (Å²) in [5.41, 5.74) is 3.30. The molecule has 0 radical (unpaired) electrons. The van der Waals surface area contributed by atoms with Gasteiger partial charge in [0.25, 0.3) is 0 Å². The second-order valence-electron chi connectivity index (χ2n) is 5.46. The largest absolute Gasteiger partial charge is 0.361 e. The van der Waals surface area contributed by atoms with Gasteiger partial charge in [-0.05, 0) is 68.5 Å². The Hall–Kier alpha value is -1.79. The number of aromatic nitrogens is 1. The van der Waals surface area contributed by atoms with Crippen molar-refractivity contribution >= 4 is 10.9 Å². The zero-order chi connectivity index (χ0) is 13.2. The molecule has 98 valence electrons. The van der Waals surface area contributed by atoms with E-state index in [4.69, 9.17) is 5.26 Å². The maximum absolute atomic E-state index is 9.01. The Balaban J connectivity index is 1.77. The fourth-order valence-electron chi connectivity index (χ4n) is 3.01. The SMILES string of the molecule is CNCCCC1CC1c1c[nH]c2ccc(C#N)cc12. The van der Waals surface area contributed by atoms with Gasteiger partial charge in [-0.25, -0.2) is 0 Å². The molecule has 0 aliphatic heterocycles. The van der Waals surface area contributed by atoms with Crippen LogP contribution in [-0.4, -0.2) is 18.6 Å². The monoisotopic (exact) mass is 253 g/mol. The summed E-state index contributed by atoms with van der Waals surface area (Å²) in [6, 6.07) is 8.13. The van der Waals surface area contributed by atoms with Crippen molar-refractivity contribution in [1.29, 1.82) is 5.26 Å². The predicted molar refractivity (Wildman–Crippen MR) is 77.0 cm³/mol. The highest BCUT2D eigenvalue weighted by atomic mass is 14.8. The van der Waals surface area contributed by atoms with Gasteiger partial charge >= 0.3 is 0 Å². The van der Waals surface area contributed by atoms with E-state index in [0.29, 0.717) is 5.92 Å². The van der Waals surface area contributed by atoms with Crippen molar-refractivity contribution in [3.8, 4) is 6.07 Å². The first-order valence-corrected chi connectivity index (χ1v) is 6.99. The Labute approximate surface area is 113 Å². The van der Waals surface area contributed by atoms with Crippen LogP contribution in [0.1, 0.15) is 36.3 Å². The van der Waals surface area contributed by atoms with E-state index in [1.165, 1.54) is 30.2 Å². The van der Waals surface area contributed by atoms with Crippen LogP contribution in [0, 0.1) is 17.2 Å². The molecule has 0 spiro atoms. The van der Waals surface area contributed by atoms with Gasteiger partial charge in [-0.1, -0.05) is 0 Å². The van der Waals surface area contributed by atoms with E-state index in [-0.39, 0.29) is 0 Å². The zero-order valence-corrected chi connectivity index (χ0v) is 11.2. The molecule has 19 heavy (non-hydrogen) atoms. The normalized spacial score (nSPS) is 21.5. The molecule has 1 aromatic carbocycles. The van der Waals surface area contributed by atoms with Gasteiger partial charge in [0, 0.05) is 17.1 Å². The number of nitriles is 1. The van der Waals surface area contributed by atoms with Crippen LogP contribution >= 0.6 is 0 Å². The third-order valence-corrected chi connectivity index (χ3v) is 4.17. The molecule has 2 unspecified atom stereocenters. The summed E-state index contributed by atoms with van der Waals surface area (Å²) in [5, 5.41) is 13.4. The maximum Gasteiger partial charge on any atom is 0.0991 e. The number of fused-ring (bicyclic) bond motifs is 1. The van der Waals surface area contributed by atoms with Crippen LogP contribution in [0.25, 0.3) is 10.9 Å². The van der Waals surface area contributed by atoms with Gasteiger partial charge in [0.15, 0.2) is 0 Å². The first kappa shape index (κ1) is 12.3. The molecule has 1 fully saturated rings. The number of benzene rings is 1. The Morgan fingerprint density at radius 3 is 3.16 bits per heavy atom. The quantitative estimate of drug-likeness (QED) is 0.804. The summed E-state index contributed by atoms with van der Waals surface area (Å²) >= 11 is 0. The van der Waals surface area contributed by atoms with Crippen molar-refractivity contribution in [2.75, 3.05) is 13.6 Å². The highest BCUT2D eigenvalue weighted by molar-refractivity contribution is 5.85. The molecule has 0 saturated heterocycles. The van der Waals surface area contributed by atoms with Crippen LogP contribution < -0.4 is 5.32 Å². The third kappa shape index (κ3) is 2.36. The van der Waals surface area contributed by atoms with Crippen LogP contribution in [0.5, 0.6) is 0 Å². The lowest BCUT2D eigenvalue weighted by atomic mass is 10.0. The Bertz CT molecular complexity index is 620. The van der Waals surface area contributed by atoms with Crippen molar-refractivity contribution < 1.29 is 0 Å². The van der Waals surface area contributed by atoms with Crippen LogP contribution in [-0.2, 0) is 0 Å². The molecule has 3 rings (SSSR count). The second-order valence-corrected chi connectivity index (χ2v) is 5.46. The van der Waals surface area contributed by atoms with Gasteiger partial charge in [-0.2, -0.15) is 5.26 Å². The highest BCUT2D eigenvalue weighted by Gasteiger charge is 2.38. The Morgan fingerprint density at radius 1 is 1.47 bits per heavy atom. The summed E-state index contributed by atoms with van der Waals surface area (Å²) in [6.07, 6.45) is 5.99. The summed E-state index contributed by atoms with van der Waals surface area (Å²) in [4.78, 5) is 3.33. The number of hydrogen-bond acceptors (Lipinski definition) is 2.